The molecule has 1 N–H and O–H groups in total. The number of carbonyl (C=O) groups is 2. The van der Waals surface area contributed by atoms with Crippen molar-refractivity contribution in [3.63, 3.8) is 0 Å². The van der Waals surface area contributed by atoms with E-state index in [-0.39, 0.29) is 24.1 Å². The van der Waals surface area contributed by atoms with Crippen molar-refractivity contribution >= 4 is 51.7 Å². The number of unbranched alkanes of at least 4 members (excludes halogenated alkanes) is 4. The van der Waals surface area contributed by atoms with Gasteiger partial charge in [-0.05, 0) is 55.3 Å². The summed E-state index contributed by atoms with van der Waals surface area (Å²) >= 11 is 7.43. The van der Waals surface area contributed by atoms with Crippen molar-refractivity contribution in [2.45, 2.75) is 57.6 Å². The van der Waals surface area contributed by atoms with Crippen LogP contribution in [0, 0.1) is 12.7 Å². The summed E-state index contributed by atoms with van der Waals surface area (Å²) in [5.41, 5.74) is 2.04. The predicted octanol–water partition coefficient (Wildman–Crippen LogP) is 6.72. The summed E-state index contributed by atoms with van der Waals surface area (Å²) in [6.07, 6.45) is 5.44. The van der Waals surface area contributed by atoms with Gasteiger partial charge in [-0.3, -0.25) is 14.5 Å². The van der Waals surface area contributed by atoms with Gasteiger partial charge >= 0.3 is 0 Å². The molecule has 0 spiro atoms. The first-order valence-corrected chi connectivity index (χ1v) is 12.5. The zero-order valence-corrected chi connectivity index (χ0v) is 20.5. The second kappa shape index (κ2) is 12.2. The van der Waals surface area contributed by atoms with Gasteiger partial charge in [0, 0.05) is 23.7 Å². The molecule has 5 nitrogen and oxygen atoms in total. The van der Waals surface area contributed by atoms with E-state index in [0.717, 1.165) is 31.2 Å². The summed E-state index contributed by atoms with van der Waals surface area (Å²) in [5.74, 6) is -0.761. The molecule has 176 valence electrons. The van der Waals surface area contributed by atoms with E-state index in [1.54, 1.807) is 29.2 Å². The van der Waals surface area contributed by atoms with Crippen LogP contribution >= 0.6 is 23.4 Å². The average Bonchev–Trinajstić information content (AvgIpc) is 2.79. The van der Waals surface area contributed by atoms with Gasteiger partial charge in [-0.15, -0.1) is 0 Å². The van der Waals surface area contributed by atoms with Crippen molar-refractivity contribution in [2.75, 3.05) is 11.9 Å². The fourth-order valence-corrected chi connectivity index (χ4v) is 4.76. The Kier molecular flexibility index (Phi) is 9.32. The Morgan fingerprint density at radius 1 is 1.18 bits per heavy atom. The summed E-state index contributed by atoms with van der Waals surface area (Å²) in [6, 6.07) is 11.1. The number of thioether (sulfide) groups is 1. The van der Waals surface area contributed by atoms with E-state index >= 15 is 0 Å². The lowest BCUT2D eigenvalue weighted by molar-refractivity contribution is -0.129. The highest BCUT2D eigenvalue weighted by atomic mass is 35.5. The number of hydrogen-bond acceptors (Lipinski definition) is 4. The molecule has 33 heavy (non-hydrogen) atoms. The van der Waals surface area contributed by atoms with Crippen LogP contribution in [-0.4, -0.2) is 33.7 Å². The van der Waals surface area contributed by atoms with Crippen molar-refractivity contribution in [1.82, 2.24) is 4.90 Å². The molecule has 1 saturated heterocycles. The van der Waals surface area contributed by atoms with Gasteiger partial charge in [0.25, 0.3) is 0 Å². The Bertz CT molecular complexity index is 1010. The first-order chi connectivity index (χ1) is 15.9. The molecule has 0 aromatic heterocycles. The molecule has 1 aliphatic rings. The molecule has 1 unspecified atom stereocenters. The molecule has 0 radical (unpaired) electrons. The Balaban J connectivity index is 1.75. The lowest BCUT2D eigenvalue weighted by atomic mass is 10.1. The number of hydrogen-bond donors (Lipinski definition) is 1. The molecular formula is C25H29ClFN3O2S. The number of nitrogens with zero attached hydrogens (tertiary/aromatic N) is 2. The van der Waals surface area contributed by atoms with Crippen molar-refractivity contribution < 1.29 is 14.0 Å². The van der Waals surface area contributed by atoms with E-state index in [2.05, 4.69) is 17.2 Å². The molecule has 3 rings (SSSR count). The molecule has 0 saturated carbocycles. The van der Waals surface area contributed by atoms with Crippen LogP contribution < -0.4 is 5.32 Å². The third kappa shape index (κ3) is 7.30. The lowest BCUT2D eigenvalue weighted by Crippen LogP contribution is -2.45. The van der Waals surface area contributed by atoms with Gasteiger partial charge in [-0.1, -0.05) is 62.0 Å². The highest BCUT2D eigenvalue weighted by Gasteiger charge is 2.35. The fraction of sp³-hybridized carbons (Fsp3) is 0.400. The number of halogens is 2. The van der Waals surface area contributed by atoms with Gasteiger partial charge in [0.1, 0.15) is 11.1 Å². The second-order valence-electron chi connectivity index (χ2n) is 8.09. The molecular weight excluding hydrogens is 461 g/mol. The largest absolute Gasteiger partial charge is 0.325 e. The Labute approximate surface area is 203 Å². The van der Waals surface area contributed by atoms with Crippen molar-refractivity contribution in [1.29, 1.82) is 0 Å². The van der Waals surface area contributed by atoms with Crippen LogP contribution in [0.15, 0.2) is 47.5 Å². The first-order valence-electron chi connectivity index (χ1n) is 11.3. The number of amides is 2. The summed E-state index contributed by atoms with van der Waals surface area (Å²) in [6.45, 7) is 4.60. The molecule has 1 atom stereocenters. The summed E-state index contributed by atoms with van der Waals surface area (Å²) in [7, 11) is 0. The second-order valence-corrected chi connectivity index (χ2v) is 9.67. The minimum atomic E-state index is -0.617. The van der Waals surface area contributed by atoms with Crippen LogP contribution in [0.1, 0.15) is 51.0 Å². The SMILES string of the molecule is CCCCCCCN1C(=O)CC(C(=O)Nc2ccc(C)c(Cl)c2)SC1=Nc1ccc(F)cc1. The lowest BCUT2D eigenvalue weighted by Gasteiger charge is -2.32. The molecule has 1 aliphatic heterocycles. The van der Waals surface area contributed by atoms with Gasteiger partial charge in [0.05, 0.1) is 5.69 Å². The zero-order valence-electron chi connectivity index (χ0n) is 18.9. The van der Waals surface area contributed by atoms with Gasteiger partial charge < -0.3 is 5.32 Å². The molecule has 2 amide bonds. The molecule has 8 heteroatoms. The molecule has 2 aromatic carbocycles. The standard InChI is InChI=1S/C25H29ClFN3O2S/c1-3-4-5-6-7-14-30-23(31)16-22(24(32)28-20-11-8-17(2)21(26)15-20)33-25(30)29-19-12-9-18(27)10-13-19/h8-13,15,22H,3-7,14,16H2,1-2H3,(H,28,32). The normalized spacial score (nSPS) is 17.5. The Morgan fingerprint density at radius 2 is 1.91 bits per heavy atom. The predicted molar refractivity (Wildman–Crippen MR) is 135 cm³/mol. The van der Waals surface area contributed by atoms with Crippen LogP contribution in [-0.2, 0) is 9.59 Å². The average molecular weight is 490 g/mol. The third-order valence-electron chi connectivity index (χ3n) is 5.41. The molecule has 1 fully saturated rings. The smallest absolute Gasteiger partial charge is 0.238 e. The molecule has 0 bridgehead atoms. The van der Waals surface area contributed by atoms with Crippen molar-refractivity contribution in [3.8, 4) is 0 Å². The maximum atomic E-state index is 13.3. The van der Waals surface area contributed by atoms with Crippen molar-refractivity contribution in [3.05, 3.63) is 58.9 Å². The van der Waals surface area contributed by atoms with Crippen LogP contribution in [0.4, 0.5) is 15.8 Å². The summed E-state index contributed by atoms with van der Waals surface area (Å²) in [4.78, 5) is 32.2. The summed E-state index contributed by atoms with van der Waals surface area (Å²) < 4.78 is 13.3. The highest BCUT2D eigenvalue weighted by molar-refractivity contribution is 8.15. The Hall–Kier alpha value is -2.38. The number of aliphatic imine (C=N–C) groups is 1. The number of amidine groups is 1. The van der Waals surface area contributed by atoms with E-state index in [1.165, 1.54) is 30.3 Å². The monoisotopic (exact) mass is 489 g/mol. The van der Waals surface area contributed by atoms with Crippen LogP contribution in [0.5, 0.6) is 0 Å². The summed E-state index contributed by atoms with van der Waals surface area (Å²) in [5, 5.41) is 3.27. The van der Waals surface area contributed by atoms with E-state index in [1.807, 2.05) is 13.0 Å². The van der Waals surface area contributed by atoms with Gasteiger partial charge in [-0.25, -0.2) is 9.38 Å². The molecule has 2 aromatic rings. The first kappa shape index (κ1) is 25.2. The molecule has 0 aliphatic carbocycles. The fourth-order valence-electron chi connectivity index (χ4n) is 3.45. The third-order valence-corrected chi connectivity index (χ3v) is 7.00. The van der Waals surface area contributed by atoms with Gasteiger partial charge in [0.15, 0.2) is 5.17 Å². The van der Waals surface area contributed by atoms with Crippen molar-refractivity contribution in [2.24, 2.45) is 4.99 Å². The number of benzene rings is 2. The number of anilines is 1. The number of rotatable bonds is 9. The van der Waals surface area contributed by atoms with Crippen LogP contribution in [0.2, 0.25) is 5.02 Å². The zero-order chi connectivity index (χ0) is 23.8. The minimum absolute atomic E-state index is 0.0908. The minimum Gasteiger partial charge on any atom is -0.325 e. The Morgan fingerprint density at radius 3 is 2.61 bits per heavy atom. The van der Waals surface area contributed by atoms with E-state index < -0.39 is 5.25 Å². The van der Waals surface area contributed by atoms with E-state index in [4.69, 9.17) is 11.6 Å². The van der Waals surface area contributed by atoms with E-state index in [9.17, 15) is 14.0 Å². The van der Waals surface area contributed by atoms with Gasteiger partial charge in [0.2, 0.25) is 11.8 Å². The van der Waals surface area contributed by atoms with Crippen LogP contribution in [0.25, 0.3) is 0 Å². The number of nitrogens with one attached hydrogen (secondary N) is 1. The van der Waals surface area contributed by atoms with Crippen LogP contribution in [0.3, 0.4) is 0 Å². The maximum absolute atomic E-state index is 13.3. The maximum Gasteiger partial charge on any atom is 0.238 e. The number of aryl methyl sites for hydroxylation is 1. The highest BCUT2D eigenvalue weighted by Crippen LogP contribution is 2.31. The topological polar surface area (TPSA) is 61.8 Å². The quantitative estimate of drug-likeness (QED) is 0.398. The van der Waals surface area contributed by atoms with Gasteiger partial charge in [-0.2, -0.15) is 0 Å². The molecule has 1 heterocycles. The number of carbonyl (C=O) groups excluding carboxylic acids is 2. The van der Waals surface area contributed by atoms with E-state index in [0.29, 0.717) is 28.1 Å².